The molecule has 4 nitrogen and oxygen atoms in total. The number of hydrogen-bond acceptors (Lipinski definition) is 2. The number of hydrogen-bond donors (Lipinski definition) is 0. The van der Waals surface area contributed by atoms with Gasteiger partial charge in [0.25, 0.3) is 0 Å². The highest BCUT2D eigenvalue weighted by Crippen LogP contribution is 2.44. The van der Waals surface area contributed by atoms with Crippen LogP contribution in [0.2, 0.25) is 0 Å². The minimum atomic E-state index is 0.895. The second-order valence-electron chi connectivity index (χ2n) is 14.0. The lowest BCUT2D eigenvalue weighted by molar-refractivity contribution is 0.662. The largest absolute Gasteiger partial charge is 0.456 e. The van der Waals surface area contributed by atoms with E-state index in [9.17, 15) is 0 Å². The normalized spacial score (nSPS) is 13.3. The number of fused-ring (bicyclic) bond motifs is 12. The fraction of sp³-hybridized carbons (Fsp3) is 0.0417. The number of nitrogens with zero attached hydrogens (tertiary/aromatic N) is 2. The molecular formula is C48H30N2O2. The maximum Gasteiger partial charge on any atom is 0.159 e. The lowest BCUT2D eigenvalue weighted by Crippen LogP contribution is -2.05. The summed E-state index contributed by atoms with van der Waals surface area (Å²) in [6.07, 6.45) is 4.28. The highest BCUT2D eigenvalue weighted by molar-refractivity contribution is 6.14. The van der Waals surface area contributed by atoms with E-state index in [1.807, 2.05) is 12.1 Å². The molecule has 4 heteroatoms. The summed E-state index contributed by atoms with van der Waals surface area (Å²) >= 11 is 0. The zero-order chi connectivity index (χ0) is 33.9. The Kier molecular flexibility index (Phi) is 5.58. The average molecular weight is 667 g/mol. The fourth-order valence-electron chi connectivity index (χ4n) is 8.98. The SMILES string of the molecule is C1=C(c2ccc3oc4ccccc4c3c2)CCc2c1c1ccccc1n2-c1cccc2c1oc1c(-n3c4ccccc4c4ccccc43)cccc12. The summed E-state index contributed by atoms with van der Waals surface area (Å²) in [5, 5.41) is 8.29. The van der Waals surface area contributed by atoms with Crippen molar-refractivity contribution in [3.63, 3.8) is 0 Å². The molecule has 0 saturated heterocycles. The van der Waals surface area contributed by atoms with Crippen LogP contribution in [0.1, 0.15) is 23.2 Å². The minimum Gasteiger partial charge on any atom is -0.456 e. The summed E-state index contributed by atoms with van der Waals surface area (Å²) in [6.45, 7) is 0. The van der Waals surface area contributed by atoms with E-state index in [1.165, 1.54) is 60.5 Å². The summed E-state index contributed by atoms with van der Waals surface area (Å²) in [5.74, 6) is 0. The summed E-state index contributed by atoms with van der Waals surface area (Å²) in [7, 11) is 0. The Hall–Kier alpha value is -6.78. The molecule has 0 saturated carbocycles. The highest BCUT2D eigenvalue weighted by Gasteiger charge is 2.25. The van der Waals surface area contributed by atoms with Gasteiger partial charge in [0.2, 0.25) is 0 Å². The van der Waals surface area contributed by atoms with Crippen molar-refractivity contribution in [1.82, 2.24) is 9.13 Å². The molecule has 0 radical (unpaired) electrons. The molecule has 0 atom stereocenters. The molecule has 1 aliphatic carbocycles. The molecule has 7 aromatic carbocycles. The fourth-order valence-corrected chi connectivity index (χ4v) is 8.98. The number of furan rings is 2. The first-order chi connectivity index (χ1) is 25.8. The number of rotatable bonds is 3. The average Bonchev–Trinajstić information content (AvgIpc) is 3.95. The summed E-state index contributed by atoms with van der Waals surface area (Å²) in [4.78, 5) is 0. The molecule has 4 heterocycles. The number of para-hydroxylation sites is 6. The predicted molar refractivity (Wildman–Crippen MR) is 215 cm³/mol. The molecular weight excluding hydrogens is 637 g/mol. The Morgan fingerprint density at radius 3 is 1.67 bits per heavy atom. The van der Waals surface area contributed by atoms with Crippen LogP contribution >= 0.6 is 0 Å². The van der Waals surface area contributed by atoms with Crippen LogP contribution < -0.4 is 0 Å². The molecule has 12 rings (SSSR count). The standard InChI is InChI=1S/C48H30N2O2/c1-5-17-39-31(11-1)32-12-2-6-18-40(32)49(39)43-20-9-15-35-36-16-10-21-44(48(36)52-47(35)43)50-41-19-7-3-13-33(41)37-27-29(23-25-42(37)50)30-24-26-46-38(28-30)34-14-4-8-22-45(34)51-46/h1-22,24,26-28H,23,25H2. The number of benzene rings is 7. The van der Waals surface area contributed by atoms with Crippen molar-refractivity contribution in [2.75, 3.05) is 0 Å². The molecule has 0 unspecified atom stereocenters. The Labute approximate surface area is 298 Å². The molecule has 0 spiro atoms. The van der Waals surface area contributed by atoms with Gasteiger partial charge in [0.15, 0.2) is 11.2 Å². The first kappa shape index (κ1) is 28.0. The summed E-state index contributed by atoms with van der Waals surface area (Å²) < 4.78 is 18.1. The maximum atomic E-state index is 7.09. The van der Waals surface area contributed by atoms with Crippen LogP contribution in [-0.2, 0) is 6.42 Å². The van der Waals surface area contributed by atoms with E-state index in [-0.39, 0.29) is 0 Å². The first-order valence-corrected chi connectivity index (χ1v) is 18.0. The molecule has 0 amide bonds. The van der Waals surface area contributed by atoms with E-state index in [1.54, 1.807) is 0 Å². The van der Waals surface area contributed by atoms with Crippen molar-refractivity contribution in [3.05, 3.63) is 168 Å². The zero-order valence-corrected chi connectivity index (χ0v) is 28.1. The van der Waals surface area contributed by atoms with Crippen molar-refractivity contribution < 1.29 is 8.83 Å². The van der Waals surface area contributed by atoms with Crippen molar-refractivity contribution >= 4 is 88.2 Å². The Morgan fingerprint density at radius 1 is 0.404 bits per heavy atom. The molecule has 0 fully saturated rings. The molecule has 11 aromatic rings. The maximum absolute atomic E-state index is 7.09. The summed E-state index contributed by atoms with van der Waals surface area (Å²) in [5.41, 5.74) is 14.5. The van der Waals surface area contributed by atoms with Crippen LogP contribution in [-0.4, -0.2) is 9.13 Å². The summed E-state index contributed by atoms with van der Waals surface area (Å²) in [6, 6.07) is 54.2. The zero-order valence-electron chi connectivity index (χ0n) is 28.1. The van der Waals surface area contributed by atoms with E-state index >= 15 is 0 Å². The van der Waals surface area contributed by atoms with E-state index < -0.39 is 0 Å². The van der Waals surface area contributed by atoms with Gasteiger partial charge in [-0.05, 0) is 78.6 Å². The molecule has 244 valence electrons. The predicted octanol–water partition coefficient (Wildman–Crippen LogP) is 13.0. The van der Waals surface area contributed by atoms with E-state index in [0.717, 1.165) is 62.7 Å². The smallest absolute Gasteiger partial charge is 0.159 e. The molecule has 52 heavy (non-hydrogen) atoms. The van der Waals surface area contributed by atoms with Gasteiger partial charge in [0.1, 0.15) is 11.2 Å². The second-order valence-corrected chi connectivity index (χ2v) is 14.0. The van der Waals surface area contributed by atoms with E-state index in [0.29, 0.717) is 0 Å². The Bertz CT molecular complexity index is 3250. The molecule has 0 aliphatic heterocycles. The Balaban J connectivity index is 1.07. The van der Waals surface area contributed by atoms with Gasteiger partial charge in [-0.3, -0.25) is 0 Å². The lowest BCUT2D eigenvalue weighted by atomic mass is 9.90. The van der Waals surface area contributed by atoms with Crippen LogP contribution in [0.3, 0.4) is 0 Å². The number of allylic oxidation sites excluding steroid dienone is 1. The van der Waals surface area contributed by atoms with Gasteiger partial charge < -0.3 is 18.0 Å². The van der Waals surface area contributed by atoms with Gasteiger partial charge in [0.05, 0.1) is 27.9 Å². The molecule has 4 aromatic heterocycles. The van der Waals surface area contributed by atoms with Crippen LogP contribution in [0, 0.1) is 0 Å². The van der Waals surface area contributed by atoms with Crippen LogP contribution in [0.15, 0.2) is 160 Å². The third kappa shape index (κ3) is 3.76. The highest BCUT2D eigenvalue weighted by atomic mass is 16.3. The van der Waals surface area contributed by atoms with Gasteiger partial charge in [0, 0.05) is 49.0 Å². The number of aromatic nitrogens is 2. The van der Waals surface area contributed by atoms with Crippen molar-refractivity contribution in [2.45, 2.75) is 12.8 Å². The van der Waals surface area contributed by atoms with E-state index in [4.69, 9.17) is 8.83 Å². The van der Waals surface area contributed by atoms with Gasteiger partial charge in [-0.1, -0.05) is 103 Å². The lowest BCUT2D eigenvalue weighted by Gasteiger charge is -2.18. The topological polar surface area (TPSA) is 36.1 Å². The quantitative estimate of drug-likeness (QED) is 0.188. The van der Waals surface area contributed by atoms with Gasteiger partial charge in [-0.15, -0.1) is 0 Å². The second kappa shape index (κ2) is 10.4. The van der Waals surface area contributed by atoms with Crippen molar-refractivity contribution in [3.8, 4) is 11.4 Å². The molecule has 0 N–H and O–H groups in total. The van der Waals surface area contributed by atoms with Crippen LogP contribution in [0.5, 0.6) is 0 Å². The van der Waals surface area contributed by atoms with Crippen molar-refractivity contribution in [1.29, 1.82) is 0 Å². The van der Waals surface area contributed by atoms with E-state index in [2.05, 4.69) is 155 Å². The Morgan fingerprint density at radius 2 is 0.962 bits per heavy atom. The third-order valence-corrected chi connectivity index (χ3v) is 11.3. The van der Waals surface area contributed by atoms with Crippen molar-refractivity contribution in [2.24, 2.45) is 0 Å². The third-order valence-electron chi connectivity index (χ3n) is 11.3. The van der Waals surface area contributed by atoms with Gasteiger partial charge in [-0.2, -0.15) is 0 Å². The molecule has 1 aliphatic rings. The first-order valence-electron chi connectivity index (χ1n) is 18.0. The van der Waals surface area contributed by atoms with Crippen LogP contribution in [0.4, 0.5) is 0 Å². The van der Waals surface area contributed by atoms with Crippen LogP contribution in [0.25, 0.3) is 99.6 Å². The van der Waals surface area contributed by atoms with Gasteiger partial charge in [-0.25, -0.2) is 0 Å². The minimum absolute atomic E-state index is 0.895. The molecule has 0 bridgehead atoms. The monoisotopic (exact) mass is 666 g/mol. The van der Waals surface area contributed by atoms with Gasteiger partial charge >= 0.3 is 0 Å².